The predicted octanol–water partition coefficient (Wildman–Crippen LogP) is 2.94. The quantitative estimate of drug-likeness (QED) is 0.418. The summed E-state index contributed by atoms with van der Waals surface area (Å²) in [5.41, 5.74) is 0.863. The van der Waals surface area contributed by atoms with E-state index in [4.69, 9.17) is 4.74 Å². The Bertz CT molecular complexity index is 259. The number of hydrogen-bond donors (Lipinski definition) is 0. The number of ether oxygens (including phenoxy) is 2. The molecule has 88 valence electrons. The van der Waals surface area contributed by atoms with E-state index in [-0.39, 0.29) is 13.0 Å². The Balaban J connectivity index is 2.29. The molecular weight excluding hydrogens is 216 g/mol. The summed E-state index contributed by atoms with van der Waals surface area (Å²) in [6.45, 7) is 3.47. The van der Waals surface area contributed by atoms with Crippen LogP contribution < -0.4 is 0 Å². The fourth-order valence-electron chi connectivity index (χ4n) is 1.10. The monoisotopic (exact) mass is 228 g/mol. The second kappa shape index (κ2) is 4.00. The molecule has 1 heterocycles. The molecule has 0 radical (unpaired) electrons. The molecule has 1 rings (SSSR count). The molecule has 1 atom stereocenters. The first-order chi connectivity index (χ1) is 6.77. The van der Waals surface area contributed by atoms with Gasteiger partial charge in [0.25, 0.3) is 0 Å². The molecule has 15 heavy (non-hydrogen) atoms. The molecule has 6 heteroatoms. The van der Waals surface area contributed by atoms with E-state index >= 15 is 0 Å². The van der Waals surface area contributed by atoms with Crippen LogP contribution in [0.25, 0.3) is 0 Å². The summed E-state index contributed by atoms with van der Waals surface area (Å²) in [6, 6.07) is 0. The molecule has 0 aromatic carbocycles. The van der Waals surface area contributed by atoms with E-state index in [0.717, 1.165) is 5.57 Å². The van der Waals surface area contributed by atoms with Crippen LogP contribution in [0, 0.1) is 0 Å². The van der Waals surface area contributed by atoms with Gasteiger partial charge in [-0.1, -0.05) is 0 Å². The highest BCUT2D eigenvalue weighted by molar-refractivity contribution is 4.96. The van der Waals surface area contributed by atoms with Crippen LogP contribution in [0.5, 0.6) is 0 Å². The molecule has 0 aromatic heterocycles. The van der Waals surface area contributed by atoms with E-state index in [9.17, 15) is 17.6 Å². The van der Waals surface area contributed by atoms with Gasteiger partial charge in [0.15, 0.2) is 0 Å². The van der Waals surface area contributed by atoms with Crippen molar-refractivity contribution in [2.45, 2.75) is 38.4 Å². The first-order valence-electron chi connectivity index (χ1n) is 4.46. The Kier molecular flexibility index (Phi) is 3.28. The van der Waals surface area contributed by atoms with Crippen LogP contribution in [0.2, 0.25) is 0 Å². The van der Waals surface area contributed by atoms with Gasteiger partial charge in [0.1, 0.15) is 6.10 Å². The van der Waals surface area contributed by atoms with Crippen molar-refractivity contribution in [1.29, 1.82) is 0 Å². The summed E-state index contributed by atoms with van der Waals surface area (Å²) in [6.07, 6.45) is -4.95. The maximum atomic E-state index is 12.6. The molecule has 1 saturated heterocycles. The molecule has 0 saturated carbocycles. The van der Waals surface area contributed by atoms with E-state index in [2.05, 4.69) is 4.74 Å². The lowest BCUT2D eigenvalue weighted by Gasteiger charge is -2.42. The van der Waals surface area contributed by atoms with Crippen LogP contribution >= 0.6 is 0 Å². The van der Waals surface area contributed by atoms with Crippen molar-refractivity contribution in [2.75, 3.05) is 6.61 Å². The molecule has 1 aliphatic heterocycles. The molecule has 1 unspecified atom stereocenters. The van der Waals surface area contributed by atoms with Crippen LogP contribution in [0.3, 0.4) is 0 Å². The third-order valence-corrected chi connectivity index (χ3v) is 1.90. The Morgan fingerprint density at radius 1 is 1.33 bits per heavy atom. The first kappa shape index (κ1) is 12.3. The molecule has 1 aliphatic rings. The zero-order chi connectivity index (χ0) is 11.7. The highest BCUT2D eigenvalue weighted by Crippen LogP contribution is 2.50. The second-order valence-electron chi connectivity index (χ2n) is 3.60. The number of hydrogen-bond acceptors (Lipinski definition) is 2. The summed E-state index contributed by atoms with van der Waals surface area (Å²) in [5, 5.41) is 0. The number of rotatable bonds is 4. The minimum Gasteiger partial charge on any atom is -0.501 e. The van der Waals surface area contributed by atoms with Crippen LogP contribution in [0.15, 0.2) is 11.8 Å². The van der Waals surface area contributed by atoms with Crippen molar-refractivity contribution in [3.63, 3.8) is 0 Å². The van der Waals surface area contributed by atoms with E-state index in [1.807, 2.05) is 0 Å². The molecule has 0 aliphatic carbocycles. The lowest BCUT2D eigenvalue weighted by Crippen LogP contribution is -2.65. The Morgan fingerprint density at radius 3 is 2.33 bits per heavy atom. The predicted molar refractivity (Wildman–Crippen MR) is 44.8 cm³/mol. The normalized spacial score (nSPS) is 26.7. The van der Waals surface area contributed by atoms with Gasteiger partial charge in [0.2, 0.25) is 0 Å². The van der Waals surface area contributed by atoms with Gasteiger partial charge in [-0.3, -0.25) is 0 Å². The third-order valence-electron chi connectivity index (χ3n) is 1.90. The van der Waals surface area contributed by atoms with Gasteiger partial charge in [0.05, 0.1) is 12.9 Å². The van der Waals surface area contributed by atoms with Crippen molar-refractivity contribution in [3.05, 3.63) is 11.8 Å². The topological polar surface area (TPSA) is 18.5 Å². The molecule has 0 spiro atoms. The van der Waals surface area contributed by atoms with Crippen molar-refractivity contribution in [3.8, 4) is 0 Å². The Hall–Kier alpha value is -0.780. The third kappa shape index (κ3) is 2.42. The summed E-state index contributed by atoms with van der Waals surface area (Å²) in [4.78, 5) is 0. The lowest BCUT2D eigenvalue weighted by atomic mass is 10.0. The number of allylic oxidation sites excluding steroid dienone is 1. The fraction of sp³-hybridized carbons (Fsp3) is 0.778. The summed E-state index contributed by atoms with van der Waals surface area (Å²) in [7, 11) is 0. The van der Waals surface area contributed by atoms with E-state index in [0.29, 0.717) is 0 Å². The average molecular weight is 228 g/mol. The number of halogens is 4. The molecule has 2 nitrogen and oxygen atoms in total. The van der Waals surface area contributed by atoms with Gasteiger partial charge >= 0.3 is 12.0 Å². The molecule has 0 N–H and O–H groups in total. The van der Waals surface area contributed by atoms with Gasteiger partial charge < -0.3 is 9.47 Å². The Labute approximate surface area is 84.9 Å². The first-order valence-corrected chi connectivity index (χ1v) is 4.46. The molecule has 0 amide bonds. The van der Waals surface area contributed by atoms with Crippen molar-refractivity contribution in [1.82, 2.24) is 0 Å². The second-order valence-corrected chi connectivity index (χ2v) is 3.60. The number of alkyl halides is 4. The minimum absolute atomic E-state index is 0.0679. The van der Waals surface area contributed by atoms with Crippen LogP contribution in [-0.2, 0) is 9.47 Å². The lowest BCUT2D eigenvalue weighted by molar-refractivity contribution is -0.477. The largest absolute Gasteiger partial charge is 0.501 e. The summed E-state index contributed by atoms with van der Waals surface area (Å²) >= 11 is 0. The van der Waals surface area contributed by atoms with Crippen molar-refractivity contribution in [2.24, 2.45) is 0 Å². The SMILES string of the molecule is CC(C)=COCCC1OC(F)(F)C1(F)F. The standard InChI is InChI=1S/C9H12F4O2/c1-6(2)5-14-4-3-7-8(10,11)9(12,13)15-7/h5,7H,3-4H2,1-2H3. The smallest absolute Gasteiger partial charge is 0.422 e. The van der Waals surface area contributed by atoms with Crippen LogP contribution in [0.1, 0.15) is 20.3 Å². The van der Waals surface area contributed by atoms with Gasteiger partial charge in [-0.25, -0.2) is 0 Å². The van der Waals surface area contributed by atoms with Crippen molar-refractivity contribution < 1.29 is 27.0 Å². The van der Waals surface area contributed by atoms with E-state index in [1.54, 1.807) is 13.8 Å². The van der Waals surface area contributed by atoms with E-state index in [1.165, 1.54) is 6.26 Å². The molecular formula is C9H12F4O2. The molecule has 0 bridgehead atoms. The molecule has 1 fully saturated rings. The van der Waals surface area contributed by atoms with Crippen LogP contribution in [0.4, 0.5) is 17.6 Å². The summed E-state index contributed by atoms with van der Waals surface area (Å²) in [5.74, 6) is -4.08. The van der Waals surface area contributed by atoms with Crippen molar-refractivity contribution >= 4 is 0 Å². The van der Waals surface area contributed by atoms with Gasteiger partial charge in [-0.2, -0.15) is 17.6 Å². The Morgan fingerprint density at radius 2 is 1.93 bits per heavy atom. The minimum atomic E-state index is -4.33. The molecule has 0 aromatic rings. The summed E-state index contributed by atoms with van der Waals surface area (Å²) < 4.78 is 58.2. The van der Waals surface area contributed by atoms with Gasteiger partial charge in [0, 0.05) is 6.42 Å². The van der Waals surface area contributed by atoms with E-state index < -0.39 is 18.1 Å². The van der Waals surface area contributed by atoms with Gasteiger partial charge in [-0.15, -0.1) is 0 Å². The maximum absolute atomic E-state index is 12.6. The van der Waals surface area contributed by atoms with Gasteiger partial charge in [-0.05, 0) is 19.4 Å². The highest BCUT2D eigenvalue weighted by Gasteiger charge is 2.73. The zero-order valence-corrected chi connectivity index (χ0v) is 8.40. The average Bonchev–Trinajstić information content (AvgIpc) is 2.09. The van der Waals surface area contributed by atoms with Crippen LogP contribution in [-0.4, -0.2) is 24.7 Å². The maximum Gasteiger partial charge on any atom is 0.422 e. The fourth-order valence-corrected chi connectivity index (χ4v) is 1.10. The highest BCUT2D eigenvalue weighted by atomic mass is 19.3. The zero-order valence-electron chi connectivity index (χ0n) is 8.40.